The molecule has 0 unspecified atom stereocenters. The second-order valence-electron chi connectivity index (χ2n) is 23.2. The van der Waals surface area contributed by atoms with Crippen molar-refractivity contribution in [2.75, 3.05) is 4.90 Å². The van der Waals surface area contributed by atoms with Gasteiger partial charge in [-0.15, -0.1) is 41.3 Å². The maximum absolute atomic E-state index is 8.84. The molecule has 0 atom stereocenters. The van der Waals surface area contributed by atoms with E-state index < -0.39 is 31.4 Å². The summed E-state index contributed by atoms with van der Waals surface area (Å²) in [7, 11) is 0. The molecular formula is C70H65N4OPt-3. The normalized spacial score (nSPS) is 15.2. The summed E-state index contributed by atoms with van der Waals surface area (Å²) in [4.78, 5) is 7.02. The Morgan fingerprint density at radius 3 is 1.70 bits per heavy atom. The zero-order chi connectivity index (χ0) is 59.8. The molecule has 3 aromatic heterocycles. The fraction of sp³-hybridized carbons (Fsp3) is 0.229. The van der Waals surface area contributed by atoms with Crippen LogP contribution in [-0.4, -0.2) is 14.1 Å². The Bertz CT molecular complexity index is 4510. The van der Waals surface area contributed by atoms with Gasteiger partial charge in [-0.05, 0) is 129 Å². The van der Waals surface area contributed by atoms with E-state index in [9.17, 15) is 0 Å². The molecule has 0 bridgehead atoms. The first kappa shape index (κ1) is 40.9. The molecule has 11 aromatic rings. The molecule has 8 aromatic carbocycles. The monoisotopic (exact) mass is 1180 g/mol. The number of hydrogen-bond acceptors (Lipinski definition) is 3. The van der Waals surface area contributed by atoms with E-state index in [0.717, 1.165) is 82.3 Å². The summed E-state index contributed by atoms with van der Waals surface area (Å²) >= 11 is 0. The molecule has 0 amide bonds. The summed E-state index contributed by atoms with van der Waals surface area (Å²) in [6, 6.07) is 61.8. The van der Waals surface area contributed by atoms with Gasteiger partial charge in [-0.3, -0.25) is 0 Å². The number of pyridine rings is 1. The molecule has 4 heterocycles. The van der Waals surface area contributed by atoms with Crippen LogP contribution in [-0.2, 0) is 42.7 Å². The van der Waals surface area contributed by atoms with Crippen molar-refractivity contribution < 1.29 is 38.1 Å². The molecule has 1 aliphatic rings. The number of benzene rings is 8. The minimum absolute atomic E-state index is 0. The van der Waals surface area contributed by atoms with Crippen molar-refractivity contribution in [2.24, 2.45) is 0 Å². The Morgan fingerprint density at radius 2 is 1.05 bits per heavy atom. The van der Waals surface area contributed by atoms with Crippen LogP contribution in [0.15, 0.2) is 170 Å². The summed E-state index contributed by atoms with van der Waals surface area (Å²) < 4.78 is 90.9. The number of rotatable bonds is 5. The smallest absolute Gasteiger partial charge is 0.135 e. The first-order chi connectivity index (χ1) is 39.5. The summed E-state index contributed by atoms with van der Waals surface area (Å²) in [5.74, 6) is 1.75. The van der Waals surface area contributed by atoms with Crippen LogP contribution in [0, 0.1) is 18.8 Å². The first-order valence-electron chi connectivity index (χ1n) is 30.2. The Hall–Kier alpha value is -7.33. The van der Waals surface area contributed by atoms with Crippen molar-refractivity contribution in [3.63, 3.8) is 0 Å². The molecule has 6 heteroatoms. The van der Waals surface area contributed by atoms with Crippen LogP contribution in [0.3, 0.4) is 0 Å². The number of fused-ring (bicyclic) bond motifs is 10. The van der Waals surface area contributed by atoms with E-state index in [1.165, 1.54) is 12.1 Å². The Balaban J connectivity index is 0.00000752. The number of ether oxygens (including phenoxy) is 1. The first-order valence-corrected chi connectivity index (χ1v) is 25.7. The zero-order valence-electron chi connectivity index (χ0n) is 53.3. The van der Waals surface area contributed by atoms with E-state index in [2.05, 4.69) is 159 Å². The van der Waals surface area contributed by atoms with Crippen LogP contribution < -0.4 is 9.64 Å². The second-order valence-corrected chi connectivity index (χ2v) is 23.2. The zero-order valence-corrected chi connectivity index (χ0v) is 46.5. The largest absolute Gasteiger partial charge is 0.509 e. The van der Waals surface area contributed by atoms with Gasteiger partial charge in [0.25, 0.3) is 0 Å². The summed E-state index contributed by atoms with van der Waals surface area (Å²) in [6.45, 7) is 10.5. The van der Waals surface area contributed by atoms with E-state index in [4.69, 9.17) is 22.1 Å². The van der Waals surface area contributed by atoms with Gasteiger partial charge in [-0.1, -0.05) is 209 Å². The van der Waals surface area contributed by atoms with Crippen molar-refractivity contribution in [2.45, 2.75) is 105 Å². The Kier molecular flexibility index (Phi) is 9.93. The molecule has 76 heavy (non-hydrogen) atoms. The topological polar surface area (TPSA) is 35.2 Å². The summed E-state index contributed by atoms with van der Waals surface area (Å²) in [6.07, 6.45) is 1.87. The fourth-order valence-electron chi connectivity index (χ4n) is 10.8. The van der Waals surface area contributed by atoms with Gasteiger partial charge in [0.2, 0.25) is 0 Å². The van der Waals surface area contributed by atoms with Gasteiger partial charge in [-0.25, -0.2) is 4.98 Å². The SMILES string of the molecule is [2H]C([2H])([2H])C(c1cc(-c2cccc3c4ccccc4c4ccccc4c4cccc5c4n(c23)[CH-]N5c2[c-]c(Oc3[c-]c4c(cc3)c3ccccc3n4-c3cc(C(C)(C)C)ccn3)cc(C(C)(C)C)c2)cc(C(C)(C)C)c1)(C([2H])([2H])[2H])C([2H])([2H])[2H].[Pt]. The maximum atomic E-state index is 8.84. The van der Waals surface area contributed by atoms with Gasteiger partial charge in [-0.2, -0.15) is 6.07 Å². The molecule has 0 fully saturated rings. The number of para-hydroxylation sites is 3. The molecule has 384 valence electrons. The minimum atomic E-state index is -3.48. The molecule has 0 saturated carbocycles. The van der Waals surface area contributed by atoms with Crippen LogP contribution in [0.1, 0.15) is 117 Å². The molecule has 0 aliphatic carbocycles. The van der Waals surface area contributed by atoms with Crippen molar-refractivity contribution >= 4 is 76.5 Å². The third-order valence-corrected chi connectivity index (χ3v) is 14.9. The third-order valence-electron chi connectivity index (χ3n) is 14.9. The molecule has 5 nitrogen and oxygen atoms in total. The number of hydrogen-bond donors (Lipinski definition) is 0. The fourth-order valence-corrected chi connectivity index (χ4v) is 10.8. The van der Waals surface area contributed by atoms with Gasteiger partial charge >= 0.3 is 0 Å². The Labute approximate surface area is 475 Å². The molecule has 12 rings (SSSR count). The van der Waals surface area contributed by atoms with E-state index in [-0.39, 0.29) is 37.5 Å². The molecule has 0 N–H and O–H groups in total. The molecule has 0 saturated heterocycles. The Morgan fingerprint density at radius 1 is 0.487 bits per heavy atom. The third kappa shape index (κ3) is 8.81. The van der Waals surface area contributed by atoms with Crippen LogP contribution in [0.4, 0.5) is 11.4 Å². The average molecular weight is 1180 g/mol. The van der Waals surface area contributed by atoms with Crippen LogP contribution in [0.25, 0.3) is 82.1 Å². The van der Waals surface area contributed by atoms with Crippen LogP contribution in [0.5, 0.6) is 11.5 Å². The summed E-state index contributed by atoms with van der Waals surface area (Å²) in [5.41, 5.74) is 3.98. The van der Waals surface area contributed by atoms with Crippen molar-refractivity contribution in [1.29, 1.82) is 0 Å². The predicted molar refractivity (Wildman–Crippen MR) is 317 cm³/mol. The summed E-state index contributed by atoms with van der Waals surface area (Å²) in [5, 5.41) is 7.74. The second kappa shape index (κ2) is 18.5. The number of anilines is 2. The van der Waals surface area contributed by atoms with Gasteiger partial charge in [0.1, 0.15) is 5.82 Å². The predicted octanol–water partition coefficient (Wildman–Crippen LogP) is 19.1. The minimum Gasteiger partial charge on any atom is -0.509 e. The number of aromatic nitrogens is 3. The standard InChI is InChI=1S/C70H65N4O.Pt/c1-67(2,3)45-33-34-71-64(40-45)74-61-29-18-17-25-57(61)58-32-31-50(42-63(58)74)75-51-39-48(70(10,11)12)38-49(41-51)72-43-73-65-52(44-35-46(68(4,5)6)37-47(36-44)69(7,8)9)26-19-27-59(65)55-23-15-13-21-53(55)54-22-14-16-24-56(54)60-28-20-30-62(72)66(60)73;/h13-40,43H,1-12H3;/q-3;/i4D3,5D3,6D3;. The van der Waals surface area contributed by atoms with E-state index in [0.29, 0.717) is 39.4 Å². The van der Waals surface area contributed by atoms with Crippen LogP contribution in [0.2, 0.25) is 0 Å². The maximum Gasteiger partial charge on any atom is 0.135 e. The molecule has 0 spiro atoms. The molecular weight excluding hydrogens is 1110 g/mol. The van der Waals surface area contributed by atoms with Crippen molar-refractivity contribution in [3.8, 4) is 28.4 Å². The van der Waals surface area contributed by atoms with E-state index in [1.54, 1.807) is 0 Å². The number of nitrogens with zero attached hydrogens (tertiary/aromatic N) is 4. The van der Waals surface area contributed by atoms with Crippen molar-refractivity contribution in [1.82, 2.24) is 14.1 Å². The quantitative estimate of drug-likeness (QED) is 0.161. The average Bonchev–Trinajstić information content (AvgIpc) is 0.910. The van der Waals surface area contributed by atoms with E-state index in [1.807, 2.05) is 93.7 Å². The molecule has 1 aliphatic heterocycles. The van der Waals surface area contributed by atoms with Gasteiger partial charge in [0.15, 0.2) is 0 Å². The van der Waals surface area contributed by atoms with Crippen molar-refractivity contribution in [3.05, 3.63) is 211 Å². The van der Waals surface area contributed by atoms with Crippen LogP contribution >= 0.6 is 0 Å². The van der Waals surface area contributed by atoms with Gasteiger partial charge in [0.05, 0.1) is 0 Å². The molecule has 0 radical (unpaired) electrons. The van der Waals surface area contributed by atoms with Gasteiger partial charge < -0.3 is 18.8 Å². The van der Waals surface area contributed by atoms with Gasteiger partial charge in [0, 0.05) is 62.3 Å². The van der Waals surface area contributed by atoms with E-state index >= 15 is 0 Å².